The molecule has 0 fully saturated rings. The molecule has 3 rings (SSSR count). The lowest BCUT2D eigenvalue weighted by Crippen LogP contribution is -2.43. The highest BCUT2D eigenvalue weighted by atomic mass is 16.6. The Labute approximate surface area is 193 Å². The first-order valence-corrected chi connectivity index (χ1v) is 10.5. The third-order valence-corrected chi connectivity index (χ3v) is 4.92. The molecule has 0 aromatic heterocycles. The summed E-state index contributed by atoms with van der Waals surface area (Å²) in [4.78, 5) is 24.4. The maximum atomic E-state index is 12.2. The number of methoxy groups -OCH3 is 2. The van der Waals surface area contributed by atoms with Crippen molar-refractivity contribution in [1.29, 1.82) is 0 Å². The van der Waals surface area contributed by atoms with E-state index in [9.17, 15) is 9.59 Å². The molecule has 0 aliphatic rings. The van der Waals surface area contributed by atoms with Crippen molar-refractivity contribution in [2.45, 2.75) is 25.7 Å². The van der Waals surface area contributed by atoms with Crippen LogP contribution < -0.4 is 14.8 Å². The van der Waals surface area contributed by atoms with Gasteiger partial charge in [-0.1, -0.05) is 54.6 Å². The molecular formula is C26H27NO6. The summed E-state index contributed by atoms with van der Waals surface area (Å²) in [5.74, 6) is 0.937. The summed E-state index contributed by atoms with van der Waals surface area (Å²) >= 11 is 0. The topological polar surface area (TPSA) is 83.1 Å². The van der Waals surface area contributed by atoms with Crippen LogP contribution in [0, 0.1) is 0 Å². The van der Waals surface area contributed by atoms with Crippen LogP contribution in [0.5, 0.6) is 11.5 Å². The second-order valence-electron chi connectivity index (χ2n) is 7.27. The fraction of sp³-hybridized carbons (Fsp3) is 0.231. The molecule has 0 saturated carbocycles. The number of rotatable bonds is 10. The Morgan fingerprint density at radius 1 is 0.758 bits per heavy atom. The van der Waals surface area contributed by atoms with Gasteiger partial charge in [-0.15, -0.1) is 0 Å². The number of esters is 1. The molecule has 7 heteroatoms. The lowest BCUT2D eigenvalue weighted by atomic mass is 10.1. The highest BCUT2D eigenvalue weighted by Gasteiger charge is 2.22. The Morgan fingerprint density at radius 2 is 1.36 bits per heavy atom. The Balaban J connectivity index is 1.52. The molecule has 1 amide bonds. The zero-order valence-electron chi connectivity index (χ0n) is 18.7. The number of nitrogens with one attached hydrogen (secondary N) is 1. The van der Waals surface area contributed by atoms with Crippen molar-refractivity contribution >= 4 is 12.1 Å². The van der Waals surface area contributed by atoms with Gasteiger partial charge in [0.2, 0.25) is 0 Å². The predicted octanol–water partition coefficient (Wildman–Crippen LogP) is 4.28. The van der Waals surface area contributed by atoms with Crippen molar-refractivity contribution in [3.05, 3.63) is 95.6 Å². The zero-order valence-corrected chi connectivity index (χ0v) is 18.7. The Bertz CT molecular complexity index is 1020. The van der Waals surface area contributed by atoms with Gasteiger partial charge in [0.1, 0.15) is 30.8 Å². The number of amides is 1. The standard InChI is InChI=1S/C26H27NO6/c1-30-22-12-10-21(11-13-22)17-32-23-14-8-19(9-15-23)16-24(25(28)31-2)27-26(29)33-18-20-6-4-3-5-7-20/h3-15,24H,16-18H2,1-2H3,(H,27,29)/t24-/m0/s1. The van der Waals surface area contributed by atoms with Crippen molar-refractivity contribution in [2.24, 2.45) is 0 Å². The van der Waals surface area contributed by atoms with Crippen LogP contribution in [0.25, 0.3) is 0 Å². The molecule has 1 atom stereocenters. The summed E-state index contributed by atoms with van der Waals surface area (Å²) in [5.41, 5.74) is 2.71. The first-order chi connectivity index (χ1) is 16.1. The van der Waals surface area contributed by atoms with Crippen molar-refractivity contribution in [2.75, 3.05) is 14.2 Å². The van der Waals surface area contributed by atoms with Crippen LogP contribution in [0.1, 0.15) is 16.7 Å². The van der Waals surface area contributed by atoms with Crippen LogP contribution in [0.15, 0.2) is 78.9 Å². The molecule has 0 radical (unpaired) electrons. The molecule has 172 valence electrons. The van der Waals surface area contributed by atoms with Gasteiger partial charge in [-0.05, 0) is 41.0 Å². The number of ether oxygens (including phenoxy) is 4. The lowest BCUT2D eigenvalue weighted by Gasteiger charge is -2.17. The molecule has 3 aromatic rings. The first kappa shape index (κ1) is 23.7. The van der Waals surface area contributed by atoms with Crippen molar-refractivity contribution in [1.82, 2.24) is 5.32 Å². The number of carbonyl (C=O) groups excluding carboxylic acids is 2. The van der Waals surface area contributed by atoms with E-state index in [1.807, 2.05) is 78.9 Å². The first-order valence-electron chi connectivity index (χ1n) is 10.5. The Kier molecular flexibility index (Phi) is 8.71. The van der Waals surface area contributed by atoms with Gasteiger partial charge in [-0.2, -0.15) is 0 Å². The van der Waals surface area contributed by atoms with Crippen LogP contribution in [0.2, 0.25) is 0 Å². The smallest absolute Gasteiger partial charge is 0.408 e. The number of hydrogen-bond acceptors (Lipinski definition) is 6. The van der Waals surface area contributed by atoms with E-state index in [-0.39, 0.29) is 13.0 Å². The van der Waals surface area contributed by atoms with E-state index in [2.05, 4.69) is 5.32 Å². The summed E-state index contributed by atoms with van der Waals surface area (Å²) in [7, 11) is 2.91. The SMILES string of the molecule is COC(=O)[C@H](Cc1ccc(OCc2ccc(OC)cc2)cc1)NC(=O)OCc1ccccc1. The van der Waals surface area contributed by atoms with Gasteiger partial charge in [-0.3, -0.25) is 0 Å². The third-order valence-electron chi connectivity index (χ3n) is 4.92. The van der Waals surface area contributed by atoms with Gasteiger partial charge in [0.05, 0.1) is 14.2 Å². The second kappa shape index (κ2) is 12.1. The fourth-order valence-electron chi connectivity index (χ4n) is 3.09. The summed E-state index contributed by atoms with van der Waals surface area (Å²) in [6.07, 6.45) is -0.431. The minimum Gasteiger partial charge on any atom is -0.497 e. The monoisotopic (exact) mass is 449 g/mol. The normalized spacial score (nSPS) is 11.2. The van der Waals surface area contributed by atoms with Gasteiger partial charge in [0.15, 0.2) is 0 Å². The van der Waals surface area contributed by atoms with Gasteiger partial charge >= 0.3 is 12.1 Å². The molecule has 0 spiro atoms. The van der Waals surface area contributed by atoms with Gasteiger partial charge in [-0.25, -0.2) is 9.59 Å². The van der Waals surface area contributed by atoms with Crippen molar-refractivity contribution in [3.8, 4) is 11.5 Å². The molecule has 3 aromatic carbocycles. The maximum absolute atomic E-state index is 12.2. The van der Waals surface area contributed by atoms with E-state index in [1.165, 1.54) is 7.11 Å². The van der Waals surface area contributed by atoms with Crippen LogP contribution >= 0.6 is 0 Å². The second-order valence-corrected chi connectivity index (χ2v) is 7.27. The average molecular weight is 450 g/mol. The van der Waals surface area contributed by atoms with E-state index in [4.69, 9.17) is 18.9 Å². The lowest BCUT2D eigenvalue weighted by molar-refractivity contribution is -0.143. The minimum absolute atomic E-state index is 0.112. The Morgan fingerprint density at radius 3 is 2.00 bits per heavy atom. The Hall–Kier alpha value is -4.00. The maximum Gasteiger partial charge on any atom is 0.408 e. The highest BCUT2D eigenvalue weighted by Crippen LogP contribution is 2.17. The van der Waals surface area contributed by atoms with E-state index in [1.54, 1.807) is 7.11 Å². The fourth-order valence-corrected chi connectivity index (χ4v) is 3.09. The van der Waals surface area contributed by atoms with Crippen LogP contribution in [-0.2, 0) is 33.9 Å². The van der Waals surface area contributed by atoms with Crippen LogP contribution in [-0.4, -0.2) is 32.3 Å². The molecule has 1 N–H and O–H groups in total. The summed E-state index contributed by atoms with van der Waals surface area (Å²) in [6, 6.07) is 23.4. The molecule has 33 heavy (non-hydrogen) atoms. The average Bonchev–Trinajstić information content (AvgIpc) is 2.87. The van der Waals surface area contributed by atoms with Crippen LogP contribution in [0.4, 0.5) is 4.79 Å². The summed E-state index contributed by atoms with van der Waals surface area (Å²) < 4.78 is 21.0. The third kappa shape index (κ3) is 7.57. The molecule has 0 saturated heterocycles. The molecular weight excluding hydrogens is 422 g/mol. The van der Waals surface area contributed by atoms with Gasteiger partial charge < -0.3 is 24.3 Å². The van der Waals surface area contributed by atoms with Crippen LogP contribution in [0.3, 0.4) is 0 Å². The molecule has 0 aliphatic heterocycles. The van der Waals surface area contributed by atoms with E-state index < -0.39 is 18.1 Å². The number of carbonyl (C=O) groups is 2. The minimum atomic E-state index is -0.871. The summed E-state index contributed by atoms with van der Waals surface area (Å²) in [6.45, 7) is 0.531. The molecule has 0 aliphatic carbocycles. The molecule has 0 bridgehead atoms. The molecule has 7 nitrogen and oxygen atoms in total. The molecule has 0 heterocycles. The summed E-state index contributed by atoms with van der Waals surface area (Å²) in [5, 5.41) is 2.58. The largest absolute Gasteiger partial charge is 0.497 e. The molecule has 0 unspecified atom stereocenters. The zero-order chi connectivity index (χ0) is 23.5. The van der Waals surface area contributed by atoms with E-state index in [0.29, 0.717) is 12.4 Å². The van der Waals surface area contributed by atoms with E-state index in [0.717, 1.165) is 22.4 Å². The highest BCUT2D eigenvalue weighted by molar-refractivity contribution is 5.81. The quantitative estimate of drug-likeness (QED) is 0.465. The van der Waals surface area contributed by atoms with Crippen molar-refractivity contribution in [3.63, 3.8) is 0 Å². The van der Waals surface area contributed by atoms with Crippen molar-refractivity contribution < 1.29 is 28.5 Å². The number of hydrogen-bond donors (Lipinski definition) is 1. The number of benzene rings is 3. The van der Waals surface area contributed by atoms with E-state index >= 15 is 0 Å². The number of alkyl carbamates (subject to hydrolysis) is 1. The predicted molar refractivity (Wildman–Crippen MR) is 123 cm³/mol. The van der Waals surface area contributed by atoms with Gasteiger partial charge in [0.25, 0.3) is 0 Å². The van der Waals surface area contributed by atoms with Gasteiger partial charge in [0, 0.05) is 6.42 Å².